The van der Waals surface area contributed by atoms with Gasteiger partial charge < -0.3 is 9.80 Å². The second-order valence-corrected chi connectivity index (χ2v) is 7.75. The first-order valence-corrected chi connectivity index (χ1v) is 9.01. The molecule has 1 aromatic rings. The molecule has 2 aliphatic heterocycles. The first-order valence-electron chi connectivity index (χ1n) is 7.40. The summed E-state index contributed by atoms with van der Waals surface area (Å²) < 4.78 is 1.00. The van der Waals surface area contributed by atoms with Crippen molar-refractivity contribution >= 4 is 63.0 Å². The number of hydrogen-bond acceptors (Lipinski definition) is 5. The van der Waals surface area contributed by atoms with Gasteiger partial charge in [-0.25, -0.2) is 0 Å². The average Bonchev–Trinajstić information content (AvgIpc) is 3.07. The van der Waals surface area contributed by atoms with Crippen LogP contribution >= 0.6 is 40.1 Å². The maximum Gasteiger partial charge on any atom is 0.290 e. The maximum absolute atomic E-state index is 11.8. The fraction of sp³-hybridized carbons (Fsp3) is 0.375. The van der Waals surface area contributed by atoms with Gasteiger partial charge in [-0.3, -0.25) is 14.9 Å². The summed E-state index contributed by atoms with van der Waals surface area (Å²) in [4.78, 5) is 28.2. The van der Waals surface area contributed by atoms with E-state index in [0.717, 1.165) is 47.0 Å². The minimum atomic E-state index is -0.321. The summed E-state index contributed by atoms with van der Waals surface area (Å²) >= 11 is 4.58. The normalized spacial score (nSPS) is 22.2. The lowest BCUT2D eigenvalue weighted by molar-refractivity contribution is -0.115. The lowest BCUT2D eigenvalue weighted by Gasteiger charge is -2.24. The Morgan fingerprint density at radius 2 is 2.12 bits per heavy atom. The van der Waals surface area contributed by atoms with Crippen LogP contribution < -0.4 is 10.2 Å². The molecule has 24 heavy (non-hydrogen) atoms. The van der Waals surface area contributed by atoms with Gasteiger partial charge in [0.2, 0.25) is 0 Å². The molecule has 5 nitrogen and oxygen atoms in total. The highest BCUT2D eigenvalue weighted by Gasteiger charge is 2.28. The van der Waals surface area contributed by atoms with Gasteiger partial charge in [-0.15, -0.1) is 12.4 Å². The smallest absolute Gasteiger partial charge is 0.290 e. The molecule has 1 N–H and O–H groups in total. The van der Waals surface area contributed by atoms with Crippen LogP contribution in [0.3, 0.4) is 0 Å². The first-order chi connectivity index (χ1) is 11.0. The number of carbonyl (C=O) groups is 2. The largest absolute Gasteiger partial charge is 0.369 e. The SMILES string of the molecule is CN(C)C1CCN(c2c(Br)cccc2/C=C2/SC(=O)NC2=O)C1.Cl. The molecule has 0 bridgehead atoms. The van der Waals surface area contributed by atoms with E-state index in [1.807, 2.05) is 18.2 Å². The Labute approximate surface area is 160 Å². The number of para-hydroxylation sites is 1. The van der Waals surface area contributed by atoms with Gasteiger partial charge in [0.25, 0.3) is 11.1 Å². The molecule has 1 unspecified atom stereocenters. The van der Waals surface area contributed by atoms with E-state index in [1.54, 1.807) is 6.08 Å². The third-order valence-electron chi connectivity index (χ3n) is 4.16. The van der Waals surface area contributed by atoms with E-state index >= 15 is 0 Å². The van der Waals surface area contributed by atoms with Gasteiger partial charge in [0, 0.05) is 29.2 Å². The molecule has 1 atom stereocenters. The monoisotopic (exact) mass is 431 g/mol. The van der Waals surface area contributed by atoms with Gasteiger partial charge in [-0.1, -0.05) is 12.1 Å². The van der Waals surface area contributed by atoms with E-state index in [2.05, 4.69) is 45.1 Å². The van der Waals surface area contributed by atoms with E-state index < -0.39 is 0 Å². The van der Waals surface area contributed by atoms with Crippen LogP contribution in [-0.4, -0.2) is 49.3 Å². The number of nitrogens with one attached hydrogen (secondary N) is 1. The van der Waals surface area contributed by atoms with Crippen molar-refractivity contribution in [2.24, 2.45) is 0 Å². The second kappa shape index (κ2) is 7.91. The summed E-state index contributed by atoms with van der Waals surface area (Å²) in [6.07, 6.45) is 2.91. The number of anilines is 1. The number of hydrogen-bond donors (Lipinski definition) is 1. The fourth-order valence-corrected chi connectivity index (χ4v) is 4.22. The Morgan fingerprint density at radius 3 is 2.71 bits per heavy atom. The number of benzene rings is 1. The minimum Gasteiger partial charge on any atom is -0.369 e. The molecular weight excluding hydrogens is 414 g/mol. The number of amides is 2. The van der Waals surface area contributed by atoms with Crippen molar-refractivity contribution in [3.8, 4) is 0 Å². The second-order valence-electron chi connectivity index (χ2n) is 5.88. The van der Waals surface area contributed by atoms with E-state index in [0.29, 0.717) is 10.9 Å². The van der Waals surface area contributed by atoms with Crippen LogP contribution in [0.2, 0.25) is 0 Å². The fourth-order valence-electron chi connectivity index (χ4n) is 2.91. The van der Waals surface area contributed by atoms with E-state index in [1.165, 1.54) is 0 Å². The van der Waals surface area contributed by atoms with Crippen molar-refractivity contribution in [3.63, 3.8) is 0 Å². The molecule has 2 aliphatic rings. The van der Waals surface area contributed by atoms with Gasteiger partial charge >= 0.3 is 0 Å². The molecule has 0 spiro atoms. The lowest BCUT2D eigenvalue weighted by Crippen LogP contribution is -2.31. The van der Waals surface area contributed by atoms with Crippen molar-refractivity contribution in [1.82, 2.24) is 10.2 Å². The quantitative estimate of drug-likeness (QED) is 0.743. The van der Waals surface area contributed by atoms with Crippen LogP contribution in [0.1, 0.15) is 12.0 Å². The predicted molar refractivity (Wildman–Crippen MR) is 105 cm³/mol. The third-order valence-corrected chi connectivity index (χ3v) is 5.61. The molecule has 2 heterocycles. The number of rotatable bonds is 3. The van der Waals surface area contributed by atoms with Gasteiger partial charge in [0.15, 0.2) is 0 Å². The molecule has 0 saturated carbocycles. The van der Waals surface area contributed by atoms with Crippen LogP contribution in [0.4, 0.5) is 10.5 Å². The molecular formula is C16H19BrClN3O2S. The van der Waals surface area contributed by atoms with Gasteiger partial charge in [0.1, 0.15) is 0 Å². The molecule has 2 amide bonds. The van der Waals surface area contributed by atoms with Crippen LogP contribution in [0.15, 0.2) is 27.6 Å². The van der Waals surface area contributed by atoms with Crippen molar-refractivity contribution in [1.29, 1.82) is 0 Å². The van der Waals surface area contributed by atoms with Crippen LogP contribution in [-0.2, 0) is 4.79 Å². The number of halogens is 2. The molecule has 3 rings (SSSR count). The highest BCUT2D eigenvalue weighted by Crippen LogP contribution is 2.36. The van der Waals surface area contributed by atoms with Crippen LogP contribution in [0.5, 0.6) is 0 Å². The topological polar surface area (TPSA) is 52.6 Å². The highest BCUT2D eigenvalue weighted by molar-refractivity contribution is 9.10. The zero-order valence-electron chi connectivity index (χ0n) is 13.4. The third kappa shape index (κ3) is 3.96. The van der Waals surface area contributed by atoms with Gasteiger partial charge in [-0.2, -0.15) is 0 Å². The highest BCUT2D eigenvalue weighted by atomic mass is 79.9. The number of nitrogens with zero attached hydrogens (tertiary/aromatic N) is 2. The Kier molecular flexibility index (Phi) is 6.36. The zero-order chi connectivity index (χ0) is 16.6. The van der Waals surface area contributed by atoms with Crippen LogP contribution in [0, 0.1) is 0 Å². The average molecular weight is 433 g/mol. The summed E-state index contributed by atoms with van der Waals surface area (Å²) in [7, 11) is 4.20. The van der Waals surface area contributed by atoms with Crippen LogP contribution in [0.25, 0.3) is 6.08 Å². The Balaban J connectivity index is 0.00000208. The van der Waals surface area contributed by atoms with Gasteiger partial charge in [-0.05, 0) is 60.4 Å². The van der Waals surface area contributed by atoms with Crippen molar-refractivity contribution in [2.75, 3.05) is 32.1 Å². The molecule has 8 heteroatoms. The van der Waals surface area contributed by atoms with Crippen molar-refractivity contribution < 1.29 is 9.59 Å². The number of thioether (sulfide) groups is 1. The van der Waals surface area contributed by atoms with Crippen molar-refractivity contribution in [2.45, 2.75) is 12.5 Å². The maximum atomic E-state index is 11.8. The number of likely N-dealkylation sites (N-methyl/N-ethyl adjacent to an activating group) is 1. The molecule has 0 aromatic heterocycles. The summed E-state index contributed by atoms with van der Waals surface area (Å²) in [5, 5.41) is 1.98. The number of carbonyl (C=O) groups excluding carboxylic acids is 2. The van der Waals surface area contributed by atoms with E-state index in [4.69, 9.17) is 0 Å². The lowest BCUT2D eigenvalue weighted by atomic mass is 10.1. The predicted octanol–water partition coefficient (Wildman–Crippen LogP) is 3.34. The molecule has 2 fully saturated rings. The molecule has 2 saturated heterocycles. The Hall–Kier alpha value is -1.02. The molecule has 130 valence electrons. The minimum absolute atomic E-state index is 0. The standard InChI is InChI=1S/C16H18BrN3O2S.ClH/c1-19(2)11-6-7-20(9-11)14-10(4-3-5-12(14)17)8-13-15(21)18-16(22)23-13;/h3-5,8,11H,6-7,9H2,1-2H3,(H,18,21,22);1H/b13-8+;. The molecule has 1 aromatic carbocycles. The summed E-state index contributed by atoms with van der Waals surface area (Å²) in [5.41, 5.74) is 2.03. The first kappa shape index (κ1) is 19.3. The zero-order valence-corrected chi connectivity index (χ0v) is 16.6. The van der Waals surface area contributed by atoms with E-state index in [-0.39, 0.29) is 23.6 Å². The van der Waals surface area contributed by atoms with Crippen molar-refractivity contribution in [3.05, 3.63) is 33.1 Å². The number of imide groups is 1. The molecule has 0 aliphatic carbocycles. The summed E-state index contributed by atoms with van der Waals surface area (Å²) in [6.45, 7) is 1.92. The summed E-state index contributed by atoms with van der Waals surface area (Å²) in [6, 6.07) is 6.45. The van der Waals surface area contributed by atoms with Gasteiger partial charge in [0.05, 0.1) is 10.6 Å². The summed E-state index contributed by atoms with van der Waals surface area (Å²) in [5.74, 6) is -0.321. The molecule has 0 radical (unpaired) electrons. The Bertz CT molecular complexity index is 696. The Morgan fingerprint density at radius 1 is 1.38 bits per heavy atom. The van der Waals surface area contributed by atoms with E-state index in [9.17, 15) is 9.59 Å².